The molecule has 0 amide bonds. The highest BCUT2D eigenvalue weighted by molar-refractivity contribution is 8.00. The third-order valence-corrected chi connectivity index (χ3v) is 3.65. The minimum absolute atomic E-state index is 0.106. The van der Waals surface area contributed by atoms with Gasteiger partial charge in [0.05, 0.1) is 31.7 Å². The van der Waals surface area contributed by atoms with E-state index in [-0.39, 0.29) is 5.78 Å². The first kappa shape index (κ1) is 14.5. The van der Waals surface area contributed by atoms with E-state index in [1.54, 1.807) is 6.08 Å². The van der Waals surface area contributed by atoms with Gasteiger partial charge in [-0.15, -0.1) is 11.8 Å². The number of hydrogen-bond acceptors (Lipinski definition) is 2. The maximum Gasteiger partial charge on any atom is 0.327 e. The maximum atomic E-state index is 11.8. The summed E-state index contributed by atoms with van der Waals surface area (Å²) in [6, 6.07) is 13.7. The maximum absolute atomic E-state index is 11.8. The highest BCUT2D eigenvalue weighted by Crippen LogP contribution is 2.21. The number of carbonyl (C=O) groups excluding carboxylic acids is 1. The lowest BCUT2D eigenvalue weighted by Gasteiger charge is -1.97. The first-order valence-corrected chi connectivity index (χ1v) is 7.42. The average molecular weight is 285 g/mol. The molecule has 2 nitrogen and oxygen atoms in total. The lowest BCUT2D eigenvalue weighted by molar-refractivity contribution is -0.112. The Morgan fingerprint density at radius 2 is 1.80 bits per heavy atom. The van der Waals surface area contributed by atoms with Crippen molar-refractivity contribution >= 4 is 23.6 Å². The molecule has 3 heteroatoms. The molecule has 0 saturated carbocycles. The van der Waals surface area contributed by atoms with Crippen molar-refractivity contribution in [1.82, 2.24) is 0 Å². The number of carbonyl (C=O) groups is 1. The van der Waals surface area contributed by atoms with E-state index in [0.29, 0.717) is 5.75 Å². The summed E-state index contributed by atoms with van der Waals surface area (Å²) >= 11 is 1.53. The van der Waals surface area contributed by atoms with Gasteiger partial charge in [0.2, 0.25) is 0 Å². The normalized spacial score (nSPS) is 10.9. The van der Waals surface area contributed by atoms with E-state index in [4.69, 9.17) is 4.42 Å². The van der Waals surface area contributed by atoms with Gasteiger partial charge in [0.1, 0.15) is 0 Å². The molecule has 0 atom stereocenters. The zero-order valence-corrected chi connectivity index (χ0v) is 12.4. The molecule has 0 bridgehead atoms. The van der Waals surface area contributed by atoms with E-state index < -0.39 is 0 Å². The third-order valence-electron chi connectivity index (χ3n) is 2.66. The van der Waals surface area contributed by atoms with Crippen LogP contribution in [0, 0.1) is 13.8 Å². The SMILES string of the molecule is Cc1cc(SCC(=O)/C=C/c2ccccc2)cc(C)[o+]1. The Kier molecular flexibility index (Phi) is 5.13. The minimum Gasteiger partial charge on any atom is -0.294 e. The predicted octanol–water partition coefficient (Wildman–Crippen LogP) is 4.55. The van der Waals surface area contributed by atoms with Gasteiger partial charge >= 0.3 is 11.5 Å². The van der Waals surface area contributed by atoms with Crippen molar-refractivity contribution in [2.75, 3.05) is 5.75 Å². The molecule has 0 radical (unpaired) electrons. The molecule has 102 valence electrons. The van der Waals surface area contributed by atoms with Crippen molar-refractivity contribution in [3.63, 3.8) is 0 Å². The van der Waals surface area contributed by atoms with Gasteiger partial charge < -0.3 is 0 Å². The number of benzene rings is 1. The van der Waals surface area contributed by atoms with Crippen LogP contribution in [0.4, 0.5) is 0 Å². The fourth-order valence-electron chi connectivity index (χ4n) is 1.79. The van der Waals surface area contributed by atoms with Crippen LogP contribution in [-0.2, 0) is 4.79 Å². The second-order valence-electron chi connectivity index (χ2n) is 4.51. The summed E-state index contributed by atoms with van der Waals surface area (Å²) < 4.78 is 5.42. The molecule has 0 aliphatic heterocycles. The fraction of sp³-hybridized carbons (Fsp3) is 0.176. The summed E-state index contributed by atoms with van der Waals surface area (Å²) in [6.45, 7) is 3.82. The molecule has 0 fully saturated rings. The zero-order valence-electron chi connectivity index (χ0n) is 11.6. The van der Waals surface area contributed by atoms with Gasteiger partial charge in [-0.1, -0.05) is 36.4 Å². The molecular weight excluding hydrogens is 268 g/mol. The Hall–Kier alpha value is -1.87. The summed E-state index contributed by atoms with van der Waals surface area (Å²) in [6.07, 6.45) is 3.48. The van der Waals surface area contributed by atoms with Gasteiger partial charge in [0.15, 0.2) is 5.78 Å². The Morgan fingerprint density at radius 1 is 1.15 bits per heavy atom. The quantitative estimate of drug-likeness (QED) is 0.458. The predicted molar refractivity (Wildman–Crippen MR) is 83.8 cm³/mol. The number of ketones is 1. The van der Waals surface area contributed by atoms with Gasteiger partial charge in [-0.2, -0.15) is 0 Å². The van der Waals surface area contributed by atoms with Crippen LogP contribution in [-0.4, -0.2) is 11.5 Å². The molecule has 0 aliphatic rings. The second kappa shape index (κ2) is 7.06. The molecule has 1 aromatic heterocycles. The molecule has 0 N–H and O–H groups in total. The minimum atomic E-state index is 0.106. The van der Waals surface area contributed by atoms with E-state index >= 15 is 0 Å². The Labute approximate surface area is 123 Å². The van der Waals surface area contributed by atoms with Crippen molar-refractivity contribution in [1.29, 1.82) is 0 Å². The van der Waals surface area contributed by atoms with Crippen LogP contribution in [0.1, 0.15) is 17.1 Å². The van der Waals surface area contributed by atoms with E-state index in [9.17, 15) is 4.79 Å². The largest absolute Gasteiger partial charge is 0.327 e. The van der Waals surface area contributed by atoms with Crippen molar-refractivity contribution < 1.29 is 9.21 Å². The number of aryl methyl sites for hydroxylation is 2. The molecule has 0 unspecified atom stereocenters. The van der Waals surface area contributed by atoms with Crippen molar-refractivity contribution in [3.05, 3.63) is 65.6 Å². The number of allylic oxidation sites excluding steroid dienone is 1. The van der Waals surface area contributed by atoms with Gasteiger partial charge in [-0.05, 0) is 11.6 Å². The molecule has 0 spiro atoms. The smallest absolute Gasteiger partial charge is 0.294 e. The van der Waals surface area contributed by atoms with Crippen LogP contribution >= 0.6 is 11.8 Å². The summed E-state index contributed by atoms with van der Waals surface area (Å²) in [5, 5.41) is 0. The van der Waals surface area contributed by atoms with Crippen LogP contribution in [0.3, 0.4) is 0 Å². The van der Waals surface area contributed by atoms with E-state index in [2.05, 4.69) is 0 Å². The van der Waals surface area contributed by atoms with Gasteiger partial charge in [-0.3, -0.25) is 4.79 Å². The van der Waals surface area contributed by atoms with Gasteiger partial charge in [0, 0.05) is 4.90 Å². The Balaban J connectivity index is 1.91. The van der Waals surface area contributed by atoms with E-state index in [1.165, 1.54) is 11.8 Å². The van der Waals surface area contributed by atoms with Crippen molar-refractivity contribution in [3.8, 4) is 0 Å². The van der Waals surface area contributed by atoms with Crippen molar-refractivity contribution in [2.24, 2.45) is 0 Å². The molecule has 1 aromatic carbocycles. The molecule has 2 rings (SSSR count). The van der Waals surface area contributed by atoms with Crippen LogP contribution in [0.15, 0.2) is 57.9 Å². The third kappa shape index (κ3) is 4.67. The van der Waals surface area contributed by atoms with Crippen LogP contribution in [0.5, 0.6) is 0 Å². The standard InChI is InChI=1S/C17H17O2S/c1-13-10-17(11-14(2)19-13)20-12-16(18)9-8-15-6-4-3-5-7-15/h3-11H,12H2,1-2H3/q+1/b9-8+. The summed E-state index contributed by atoms with van der Waals surface area (Å²) in [5.41, 5.74) is 1.04. The van der Waals surface area contributed by atoms with Crippen molar-refractivity contribution in [2.45, 2.75) is 18.7 Å². The zero-order chi connectivity index (χ0) is 14.4. The second-order valence-corrected chi connectivity index (χ2v) is 5.56. The Morgan fingerprint density at radius 3 is 2.45 bits per heavy atom. The van der Waals surface area contributed by atoms with E-state index in [0.717, 1.165) is 22.0 Å². The lowest BCUT2D eigenvalue weighted by atomic mass is 10.2. The highest BCUT2D eigenvalue weighted by Gasteiger charge is 2.09. The topological polar surface area (TPSA) is 28.4 Å². The number of hydrogen-bond donors (Lipinski definition) is 0. The highest BCUT2D eigenvalue weighted by atomic mass is 32.2. The van der Waals surface area contributed by atoms with Gasteiger partial charge in [-0.25, -0.2) is 4.42 Å². The number of rotatable bonds is 5. The van der Waals surface area contributed by atoms with E-state index in [1.807, 2.05) is 62.4 Å². The average Bonchev–Trinajstić information content (AvgIpc) is 2.43. The first-order valence-electron chi connectivity index (χ1n) is 6.43. The monoisotopic (exact) mass is 285 g/mol. The summed E-state index contributed by atoms with van der Waals surface area (Å²) in [7, 11) is 0. The first-order chi connectivity index (χ1) is 9.63. The molecular formula is C17H17O2S+. The molecule has 1 heterocycles. The fourth-order valence-corrected chi connectivity index (χ4v) is 2.70. The van der Waals surface area contributed by atoms with Crippen LogP contribution in [0.25, 0.3) is 6.08 Å². The van der Waals surface area contributed by atoms with Gasteiger partial charge in [0.25, 0.3) is 0 Å². The molecule has 2 aromatic rings. The lowest BCUT2D eigenvalue weighted by Crippen LogP contribution is -1.96. The molecule has 20 heavy (non-hydrogen) atoms. The summed E-state index contributed by atoms with van der Waals surface area (Å²) in [4.78, 5) is 12.9. The van der Waals surface area contributed by atoms with Crippen LogP contribution < -0.4 is 0 Å². The number of thioether (sulfide) groups is 1. The molecule has 0 aliphatic carbocycles. The van der Waals surface area contributed by atoms with Crippen LogP contribution in [0.2, 0.25) is 0 Å². The summed E-state index contributed by atoms with van der Waals surface area (Å²) in [5.74, 6) is 2.26. The molecule has 0 saturated heterocycles. The Bertz CT molecular complexity index is 598.